The summed E-state index contributed by atoms with van der Waals surface area (Å²) in [5.74, 6) is 0.844. The standard InChI is InChI=1S/C12H20OS2/c1-4-11-5-6-12(15-11)7-10(13)8-14-9(2)3/h5-6,9-10,13H,4,7-8H2,1-3H3. The van der Waals surface area contributed by atoms with Crippen molar-refractivity contribution in [3.05, 3.63) is 21.9 Å². The minimum Gasteiger partial charge on any atom is -0.392 e. The maximum atomic E-state index is 9.82. The summed E-state index contributed by atoms with van der Waals surface area (Å²) in [6.07, 6.45) is 1.71. The average molecular weight is 244 g/mol. The van der Waals surface area contributed by atoms with Gasteiger partial charge in [-0.15, -0.1) is 11.3 Å². The highest BCUT2D eigenvalue weighted by atomic mass is 32.2. The monoisotopic (exact) mass is 244 g/mol. The lowest BCUT2D eigenvalue weighted by molar-refractivity contribution is 0.201. The van der Waals surface area contributed by atoms with Crippen LogP contribution in [0.25, 0.3) is 0 Å². The summed E-state index contributed by atoms with van der Waals surface area (Å²) in [6, 6.07) is 4.31. The van der Waals surface area contributed by atoms with Gasteiger partial charge >= 0.3 is 0 Å². The second-order valence-electron chi connectivity index (χ2n) is 3.96. The molecule has 1 aromatic rings. The lowest BCUT2D eigenvalue weighted by atomic mass is 10.2. The molecule has 0 aromatic carbocycles. The number of rotatable bonds is 6. The van der Waals surface area contributed by atoms with Gasteiger partial charge in [-0.3, -0.25) is 0 Å². The molecule has 0 aliphatic rings. The summed E-state index contributed by atoms with van der Waals surface area (Å²) in [5, 5.41) is 10.4. The smallest absolute Gasteiger partial charge is 0.0678 e. The Morgan fingerprint density at radius 3 is 2.53 bits per heavy atom. The fraction of sp³-hybridized carbons (Fsp3) is 0.667. The molecule has 0 radical (unpaired) electrons. The molecule has 3 heteroatoms. The third-order valence-electron chi connectivity index (χ3n) is 2.12. The van der Waals surface area contributed by atoms with Crippen LogP contribution in [0.3, 0.4) is 0 Å². The Labute approximate surface area is 101 Å². The van der Waals surface area contributed by atoms with Gasteiger partial charge in [0.25, 0.3) is 0 Å². The van der Waals surface area contributed by atoms with Crippen molar-refractivity contribution < 1.29 is 5.11 Å². The summed E-state index contributed by atoms with van der Waals surface area (Å²) in [4.78, 5) is 2.72. The Balaban J connectivity index is 2.33. The van der Waals surface area contributed by atoms with Gasteiger partial charge in [0.05, 0.1) is 6.10 Å². The van der Waals surface area contributed by atoms with Crippen LogP contribution in [0.15, 0.2) is 12.1 Å². The highest BCUT2D eigenvalue weighted by molar-refractivity contribution is 7.99. The van der Waals surface area contributed by atoms with Gasteiger partial charge in [-0.1, -0.05) is 20.8 Å². The van der Waals surface area contributed by atoms with E-state index >= 15 is 0 Å². The second kappa shape index (κ2) is 6.56. The van der Waals surface area contributed by atoms with E-state index in [2.05, 4.69) is 32.9 Å². The zero-order valence-corrected chi connectivity index (χ0v) is 11.3. The van der Waals surface area contributed by atoms with Gasteiger partial charge < -0.3 is 5.11 Å². The first-order valence-electron chi connectivity index (χ1n) is 5.49. The summed E-state index contributed by atoms with van der Waals surface area (Å²) in [5.41, 5.74) is 0. The van der Waals surface area contributed by atoms with Crippen molar-refractivity contribution in [3.8, 4) is 0 Å². The minimum absolute atomic E-state index is 0.194. The molecule has 0 saturated heterocycles. The molecule has 0 fully saturated rings. The Morgan fingerprint density at radius 1 is 1.33 bits per heavy atom. The van der Waals surface area contributed by atoms with E-state index in [0.29, 0.717) is 5.25 Å². The van der Waals surface area contributed by atoms with Crippen LogP contribution < -0.4 is 0 Å². The van der Waals surface area contributed by atoms with Gasteiger partial charge in [0.15, 0.2) is 0 Å². The summed E-state index contributed by atoms with van der Waals surface area (Å²) >= 11 is 3.65. The minimum atomic E-state index is -0.194. The number of hydrogen-bond acceptors (Lipinski definition) is 3. The predicted molar refractivity (Wildman–Crippen MR) is 71.0 cm³/mol. The number of aliphatic hydroxyl groups is 1. The molecule has 1 nitrogen and oxygen atoms in total. The topological polar surface area (TPSA) is 20.2 Å². The Morgan fingerprint density at radius 2 is 2.00 bits per heavy atom. The zero-order valence-electron chi connectivity index (χ0n) is 9.69. The fourth-order valence-corrected chi connectivity index (χ4v) is 3.07. The molecule has 0 aliphatic carbocycles. The van der Waals surface area contributed by atoms with Crippen molar-refractivity contribution in [1.29, 1.82) is 0 Å². The van der Waals surface area contributed by atoms with E-state index in [-0.39, 0.29) is 6.10 Å². The highest BCUT2D eigenvalue weighted by Gasteiger charge is 2.08. The van der Waals surface area contributed by atoms with Crippen molar-refractivity contribution >= 4 is 23.1 Å². The summed E-state index contributed by atoms with van der Waals surface area (Å²) in [7, 11) is 0. The largest absolute Gasteiger partial charge is 0.392 e. The third-order valence-corrected chi connectivity index (χ3v) is 4.62. The van der Waals surface area contributed by atoms with E-state index in [4.69, 9.17) is 0 Å². The normalized spacial score (nSPS) is 13.4. The van der Waals surface area contributed by atoms with Crippen LogP contribution in [0.5, 0.6) is 0 Å². The maximum absolute atomic E-state index is 9.82. The van der Waals surface area contributed by atoms with Crippen LogP contribution >= 0.6 is 23.1 Å². The van der Waals surface area contributed by atoms with E-state index in [9.17, 15) is 5.11 Å². The Hall–Kier alpha value is 0.01000. The van der Waals surface area contributed by atoms with Gasteiger partial charge in [-0.25, -0.2) is 0 Å². The molecule has 1 heterocycles. The van der Waals surface area contributed by atoms with E-state index in [1.165, 1.54) is 9.75 Å². The van der Waals surface area contributed by atoms with Crippen molar-refractivity contribution in [2.24, 2.45) is 0 Å². The number of thiophene rings is 1. The Kier molecular flexibility index (Phi) is 5.72. The van der Waals surface area contributed by atoms with E-state index in [0.717, 1.165) is 18.6 Å². The molecule has 1 aromatic heterocycles. The molecule has 86 valence electrons. The van der Waals surface area contributed by atoms with Crippen molar-refractivity contribution in [2.75, 3.05) is 5.75 Å². The molecule has 1 N–H and O–H groups in total. The predicted octanol–water partition coefficient (Wildman–Crippen LogP) is 3.36. The third kappa shape index (κ3) is 5.05. The molecular formula is C12H20OS2. The average Bonchev–Trinajstić information content (AvgIpc) is 2.62. The molecule has 0 aliphatic heterocycles. The van der Waals surface area contributed by atoms with Gasteiger partial charge in [-0.05, 0) is 23.8 Å². The quantitative estimate of drug-likeness (QED) is 0.828. The number of hydrogen-bond donors (Lipinski definition) is 1. The van der Waals surface area contributed by atoms with Crippen LogP contribution in [0.2, 0.25) is 0 Å². The van der Waals surface area contributed by atoms with Gasteiger partial charge in [-0.2, -0.15) is 11.8 Å². The first kappa shape index (κ1) is 13.1. The molecule has 0 bridgehead atoms. The molecule has 15 heavy (non-hydrogen) atoms. The summed E-state index contributed by atoms with van der Waals surface area (Å²) in [6.45, 7) is 6.50. The maximum Gasteiger partial charge on any atom is 0.0678 e. The van der Waals surface area contributed by atoms with Crippen molar-refractivity contribution in [1.82, 2.24) is 0 Å². The van der Waals surface area contributed by atoms with Crippen LogP contribution in [0.1, 0.15) is 30.5 Å². The zero-order chi connectivity index (χ0) is 11.3. The Bertz CT molecular complexity index is 281. The first-order chi connectivity index (χ1) is 7.11. The molecule has 0 spiro atoms. The highest BCUT2D eigenvalue weighted by Crippen LogP contribution is 2.20. The molecule has 0 saturated carbocycles. The summed E-state index contributed by atoms with van der Waals surface area (Å²) < 4.78 is 0. The van der Waals surface area contributed by atoms with Gasteiger partial charge in [0.1, 0.15) is 0 Å². The van der Waals surface area contributed by atoms with E-state index in [1.54, 1.807) is 0 Å². The number of aryl methyl sites for hydroxylation is 1. The van der Waals surface area contributed by atoms with E-state index in [1.807, 2.05) is 23.1 Å². The van der Waals surface area contributed by atoms with Crippen molar-refractivity contribution in [3.63, 3.8) is 0 Å². The number of aliphatic hydroxyl groups excluding tert-OH is 1. The van der Waals surface area contributed by atoms with Crippen LogP contribution in [0.4, 0.5) is 0 Å². The first-order valence-corrected chi connectivity index (χ1v) is 7.35. The lowest BCUT2D eigenvalue weighted by Gasteiger charge is -2.10. The number of thioether (sulfide) groups is 1. The lowest BCUT2D eigenvalue weighted by Crippen LogP contribution is -2.14. The second-order valence-corrected chi connectivity index (χ2v) is 6.82. The van der Waals surface area contributed by atoms with Gasteiger partial charge in [0.2, 0.25) is 0 Å². The molecule has 0 amide bonds. The molecule has 1 rings (SSSR count). The van der Waals surface area contributed by atoms with E-state index < -0.39 is 0 Å². The molecule has 1 unspecified atom stereocenters. The van der Waals surface area contributed by atoms with Crippen molar-refractivity contribution in [2.45, 2.75) is 45.0 Å². The molecule has 1 atom stereocenters. The van der Waals surface area contributed by atoms with Crippen LogP contribution in [0, 0.1) is 0 Å². The van der Waals surface area contributed by atoms with Crippen LogP contribution in [-0.2, 0) is 12.8 Å². The molecular weight excluding hydrogens is 224 g/mol. The SMILES string of the molecule is CCc1ccc(CC(O)CSC(C)C)s1. The fourth-order valence-electron chi connectivity index (χ4n) is 1.32. The van der Waals surface area contributed by atoms with Gasteiger partial charge in [0, 0.05) is 21.9 Å². The van der Waals surface area contributed by atoms with Crippen LogP contribution in [-0.4, -0.2) is 22.2 Å².